The van der Waals surface area contributed by atoms with Gasteiger partial charge in [-0.3, -0.25) is 0 Å². The molecule has 0 saturated carbocycles. The van der Waals surface area contributed by atoms with Crippen molar-refractivity contribution in [3.8, 4) is 0 Å². The molecule has 0 aliphatic carbocycles. The second-order valence-corrected chi connectivity index (χ2v) is 4.36. The average Bonchev–Trinajstić information content (AvgIpc) is 2.71. The van der Waals surface area contributed by atoms with Crippen LogP contribution in [-0.2, 0) is 6.61 Å². The van der Waals surface area contributed by atoms with Gasteiger partial charge in [0.25, 0.3) is 0 Å². The highest BCUT2D eigenvalue weighted by Gasteiger charge is 2.23. The molecule has 2 rings (SSSR count). The van der Waals surface area contributed by atoms with Gasteiger partial charge >= 0.3 is 0 Å². The Morgan fingerprint density at radius 3 is 3.00 bits per heavy atom. The van der Waals surface area contributed by atoms with Crippen LogP contribution in [0.15, 0.2) is 0 Å². The van der Waals surface area contributed by atoms with Crippen LogP contribution in [0.4, 0.5) is 5.13 Å². The molecule has 5 heteroatoms. The summed E-state index contributed by atoms with van der Waals surface area (Å²) in [4.78, 5) is 2.26. The average molecular weight is 199 g/mol. The molecule has 0 aromatic carbocycles. The summed E-state index contributed by atoms with van der Waals surface area (Å²) in [7, 11) is 0. The van der Waals surface area contributed by atoms with Crippen molar-refractivity contribution in [1.82, 2.24) is 10.2 Å². The molecule has 4 nitrogen and oxygen atoms in total. The van der Waals surface area contributed by atoms with Gasteiger partial charge in [0.05, 0.1) is 6.61 Å². The summed E-state index contributed by atoms with van der Waals surface area (Å²) in [5, 5.41) is 18.4. The second kappa shape index (κ2) is 3.59. The minimum absolute atomic E-state index is 0.000111. The predicted molar refractivity (Wildman–Crippen MR) is 51.9 cm³/mol. The van der Waals surface area contributed by atoms with Crippen LogP contribution in [-0.4, -0.2) is 27.9 Å². The molecule has 1 aromatic heterocycles. The number of aliphatic hydroxyl groups excluding tert-OH is 1. The molecule has 1 aliphatic heterocycles. The van der Waals surface area contributed by atoms with Crippen molar-refractivity contribution in [2.75, 3.05) is 11.4 Å². The van der Waals surface area contributed by atoms with E-state index < -0.39 is 0 Å². The van der Waals surface area contributed by atoms with Crippen LogP contribution in [0.5, 0.6) is 0 Å². The summed E-state index contributed by atoms with van der Waals surface area (Å²) in [6, 6.07) is 0.569. The molecule has 72 valence electrons. The Bertz CT molecular complexity index is 289. The Morgan fingerprint density at radius 1 is 1.62 bits per heavy atom. The van der Waals surface area contributed by atoms with Crippen molar-refractivity contribution in [3.63, 3.8) is 0 Å². The molecular formula is C8H13N3OS. The summed E-state index contributed by atoms with van der Waals surface area (Å²) in [5.74, 6) is 0. The maximum absolute atomic E-state index is 8.85. The molecule has 13 heavy (non-hydrogen) atoms. The highest BCUT2D eigenvalue weighted by Crippen LogP contribution is 2.27. The topological polar surface area (TPSA) is 49.2 Å². The van der Waals surface area contributed by atoms with Crippen molar-refractivity contribution in [1.29, 1.82) is 0 Å². The lowest BCUT2D eigenvalue weighted by atomic mass is 10.2. The Hall–Kier alpha value is -0.680. The molecule has 0 spiro atoms. The number of aromatic nitrogens is 2. The lowest BCUT2D eigenvalue weighted by Gasteiger charge is -2.18. The summed E-state index contributed by atoms with van der Waals surface area (Å²) in [5.41, 5.74) is 0. The van der Waals surface area contributed by atoms with Gasteiger partial charge in [-0.25, -0.2) is 0 Å². The highest BCUT2D eigenvalue weighted by atomic mass is 32.1. The summed E-state index contributed by atoms with van der Waals surface area (Å²) < 4.78 is 0. The number of aliphatic hydroxyl groups is 1. The molecule has 2 heterocycles. The first-order valence-corrected chi connectivity index (χ1v) is 5.33. The first-order chi connectivity index (χ1) is 6.31. The van der Waals surface area contributed by atoms with Crippen molar-refractivity contribution in [2.45, 2.75) is 32.4 Å². The second-order valence-electron chi connectivity index (χ2n) is 3.32. The van der Waals surface area contributed by atoms with Crippen LogP contribution in [0.2, 0.25) is 0 Å². The molecule has 0 amide bonds. The highest BCUT2D eigenvalue weighted by molar-refractivity contribution is 7.15. The van der Waals surface area contributed by atoms with E-state index in [2.05, 4.69) is 22.0 Å². The molecular weight excluding hydrogens is 186 g/mol. The van der Waals surface area contributed by atoms with E-state index in [1.165, 1.54) is 24.2 Å². The third-order valence-corrected chi connectivity index (χ3v) is 3.34. The summed E-state index contributed by atoms with van der Waals surface area (Å²) in [6.45, 7) is 3.27. The smallest absolute Gasteiger partial charge is 0.208 e. The van der Waals surface area contributed by atoms with Gasteiger partial charge in [-0.1, -0.05) is 11.3 Å². The molecule has 1 atom stereocenters. The van der Waals surface area contributed by atoms with E-state index in [0.717, 1.165) is 11.7 Å². The van der Waals surface area contributed by atoms with E-state index in [1.54, 1.807) is 0 Å². The van der Waals surface area contributed by atoms with Crippen LogP contribution < -0.4 is 4.90 Å². The van der Waals surface area contributed by atoms with E-state index in [-0.39, 0.29) is 6.61 Å². The zero-order valence-electron chi connectivity index (χ0n) is 7.60. The normalized spacial score (nSPS) is 22.6. The summed E-state index contributed by atoms with van der Waals surface area (Å²) in [6.07, 6.45) is 2.46. The minimum Gasteiger partial charge on any atom is -0.389 e. The quantitative estimate of drug-likeness (QED) is 0.772. The van der Waals surface area contributed by atoms with E-state index in [1.807, 2.05) is 0 Å². The number of nitrogens with zero attached hydrogens (tertiary/aromatic N) is 3. The molecule has 1 N–H and O–H groups in total. The fourth-order valence-electron chi connectivity index (χ4n) is 1.64. The van der Waals surface area contributed by atoms with Gasteiger partial charge in [-0.05, 0) is 19.8 Å². The summed E-state index contributed by atoms with van der Waals surface area (Å²) >= 11 is 1.49. The van der Waals surface area contributed by atoms with Gasteiger partial charge in [0, 0.05) is 12.6 Å². The van der Waals surface area contributed by atoms with Crippen LogP contribution in [0.25, 0.3) is 0 Å². The number of hydrogen-bond donors (Lipinski definition) is 1. The standard InChI is InChI=1S/C8H13N3OS/c1-6-3-2-4-11(6)8-10-9-7(5-12)13-8/h6,12H,2-5H2,1H3. The molecule has 1 fully saturated rings. The minimum atomic E-state index is -0.000111. The van der Waals surface area contributed by atoms with Gasteiger partial charge in [0.2, 0.25) is 5.13 Å². The van der Waals surface area contributed by atoms with Crippen molar-refractivity contribution >= 4 is 16.5 Å². The Balaban J connectivity index is 2.15. The van der Waals surface area contributed by atoms with Crippen molar-refractivity contribution in [3.05, 3.63) is 5.01 Å². The lowest BCUT2D eigenvalue weighted by molar-refractivity contribution is 0.280. The largest absolute Gasteiger partial charge is 0.389 e. The van der Waals surface area contributed by atoms with E-state index >= 15 is 0 Å². The Morgan fingerprint density at radius 2 is 2.46 bits per heavy atom. The molecule has 1 saturated heterocycles. The molecule has 1 unspecified atom stereocenters. The Kier molecular flexibility index (Phi) is 2.46. The fraction of sp³-hybridized carbons (Fsp3) is 0.750. The van der Waals surface area contributed by atoms with Gasteiger partial charge in [0.15, 0.2) is 0 Å². The van der Waals surface area contributed by atoms with Gasteiger partial charge in [-0.2, -0.15) is 0 Å². The van der Waals surface area contributed by atoms with Crippen LogP contribution in [0.3, 0.4) is 0 Å². The van der Waals surface area contributed by atoms with Gasteiger partial charge < -0.3 is 10.0 Å². The van der Waals surface area contributed by atoms with Crippen LogP contribution in [0, 0.1) is 0 Å². The van der Waals surface area contributed by atoms with Crippen molar-refractivity contribution < 1.29 is 5.11 Å². The monoisotopic (exact) mass is 199 g/mol. The first-order valence-electron chi connectivity index (χ1n) is 4.51. The first kappa shape index (κ1) is 8.90. The molecule has 0 bridgehead atoms. The molecule has 0 radical (unpaired) electrons. The van der Waals surface area contributed by atoms with Crippen LogP contribution in [0.1, 0.15) is 24.8 Å². The zero-order chi connectivity index (χ0) is 9.26. The van der Waals surface area contributed by atoms with E-state index in [4.69, 9.17) is 5.11 Å². The SMILES string of the molecule is CC1CCCN1c1nnc(CO)s1. The third-order valence-electron chi connectivity index (χ3n) is 2.39. The van der Waals surface area contributed by atoms with Crippen molar-refractivity contribution in [2.24, 2.45) is 0 Å². The van der Waals surface area contributed by atoms with Gasteiger partial charge in [0.1, 0.15) is 5.01 Å². The van der Waals surface area contributed by atoms with E-state index in [0.29, 0.717) is 11.0 Å². The maximum Gasteiger partial charge on any atom is 0.208 e. The molecule has 1 aliphatic rings. The third kappa shape index (κ3) is 1.66. The van der Waals surface area contributed by atoms with E-state index in [9.17, 15) is 0 Å². The van der Waals surface area contributed by atoms with Crippen LogP contribution >= 0.6 is 11.3 Å². The predicted octanol–water partition coefficient (Wildman–Crippen LogP) is 1.02. The van der Waals surface area contributed by atoms with Gasteiger partial charge in [-0.15, -0.1) is 10.2 Å². The molecule has 1 aromatic rings. The number of anilines is 1. The zero-order valence-corrected chi connectivity index (χ0v) is 8.42. The number of rotatable bonds is 2. The Labute approximate surface area is 81.2 Å². The fourth-order valence-corrected chi connectivity index (χ4v) is 2.47. The maximum atomic E-state index is 8.85. The lowest BCUT2D eigenvalue weighted by Crippen LogP contribution is -2.25. The number of hydrogen-bond acceptors (Lipinski definition) is 5.